The Morgan fingerprint density at radius 3 is 2.57 bits per heavy atom. The number of carboxylic acids is 1. The normalized spacial score (nSPS) is 23.5. The molecule has 1 aromatic rings. The molecule has 0 saturated carbocycles. The Labute approximate surface area is 178 Å². The van der Waals surface area contributed by atoms with Crippen molar-refractivity contribution in [2.45, 2.75) is 36.1 Å². The predicted octanol–water partition coefficient (Wildman–Crippen LogP) is 0.473. The molecule has 10 nitrogen and oxygen atoms in total. The van der Waals surface area contributed by atoms with Crippen molar-refractivity contribution < 1.29 is 24.3 Å². The number of benzene rings is 1. The Balaban J connectivity index is 1.66. The SMILES string of the molecule is CC1(C)SC(CNC(=O)C(NC(=O)N2CCNC2=O)c2ccccc2)NC1C(=O)O. The lowest BCUT2D eigenvalue weighted by Gasteiger charge is -2.22. The van der Waals surface area contributed by atoms with Crippen molar-refractivity contribution >= 4 is 35.7 Å². The number of thioether (sulfide) groups is 1. The minimum atomic E-state index is -0.998. The molecule has 0 aliphatic carbocycles. The molecule has 3 atom stereocenters. The maximum atomic E-state index is 12.9. The second kappa shape index (κ2) is 8.92. The molecule has 0 aromatic heterocycles. The molecule has 2 fully saturated rings. The molecule has 30 heavy (non-hydrogen) atoms. The van der Waals surface area contributed by atoms with Crippen LogP contribution in [0.5, 0.6) is 0 Å². The van der Waals surface area contributed by atoms with Crippen LogP contribution < -0.4 is 21.3 Å². The van der Waals surface area contributed by atoms with E-state index in [-0.39, 0.29) is 18.5 Å². The largest absolute Gasteiger partial charge is 0.480 e. The molecule has 5 amide bonds. The summed E-state index contributed by atoms with van der Waals surface area (Å²) in [5.74, 6) is -1.40. The smallest absolute Gasteiger partial charge is 0.326 e. The number of hydrogen-bond acceptors (Lipinski definition) is 6. The summed E-state index contributed by atoms with van der Waals surface area (Å²) in [7, 11) is 0. The van der Waals surface area contributed by atoms with Crippen molar-refractivity contribution in [2.24, 2.45) is 0 Å². The number of urea groups is 2. The number of carboxylic acid groups (broad SMARTS) is 1. The summed E-state index contributed by atoms with van der Waals surface area (Å²) in [5.41, 5.74) is 0.568. The molecule has 11 heteroatoms. The first-order valence-electron chi connectivity index (χ1n) is 9.54. The van der Waals surface area contributed by atoms with Crippen molar-refractivity contribution in [3.05, 3.63) is 35.9 Å². The predicted molar refractivity (Wildman–Crippen MR) is 111 cm³/mol. The third kappa shape index (κ3) is 4.85. The lowest BCUT2D eigenvalue weighted by Crippen LogP contribution is -2.49. The van der Waals surface area contributed by atoms with E-state index in [0.29, 0.717) is 12.1 Å². The fraction of sp³-hybridized carbons (Fsp3) is 0.474. The zero-order valence-electron chi connectivity index (χ0n) is 16.7. The average Bonchev–Trinajstić information content (AvgIpc) is 3.26. The maximum Gasteiger partial charge on any atom is 0.326 e. The third-order valence-corrected chi connectivity index (χ3v) is 6.40. The molecule has 2 aliphatic heterocycles. The molecule has 1 aromatic carbocycles. The van der Waals surface area contributed by atoms with Crippen LogP contribution in [-0.2, 0) is 9.59 Å². The third-order valence-electron chi connectivity index (χ3n) is 4.97. The Morgan fingerprint density at radius 2 is 2.00 bits per heavy atom. The quantitative estimate of drug-likeness (QED) is 0.438. The van der Waals surface area contributed by atoms with E-state index in [2.05, 4.69) is 21.3 Å². The van der Waals surface area contributed by atoms with Crippen LogP contribution in [0.1, 0.15) is 25.5 Å². The van der Waals surface area contributed by atoms with Gasteiger partial charge in [0.1, 0.15) is 12.1 Å². The van der Waals surface area contributed by atoms with Crippen LogP contribution in [0.15, 0.2) is 30.3 Å². The van der Waals surface area contributed by atoms with Gasteiger partial charge in [0.15, 0.2) is 0 Å². The molecular weight excluding hydrogens is 410 g/mol. The van der Waals surface area contributed by atoms with E-state index in [1.165, 1.54) is 11.8 Å². The number of carbonyl (C=O) groups is 4. The van der Waals surface area contributed by atoms with Gasteiger partial charge in [-0.1, -0.05) is 30.3 Å². The number of carbonyl (C=O) groups excluding carboxylic acids is 3. The van der Waals surface area contributed by atoms with E-state index in [1.54, 1.807) is 30.3 Å². The number of amides is 5. The zero-order chi connectivity index (χ0) is 21.9. The number of nitrogens with zero attached hydrogens (tertiary/aromatic N) is 1. The van der Waals surface area contributed by atoms with Gasteiger partial charge in [-0.15, -0.1) is 11.8 Å². The van der Waals surface area contributed by atoms with E-state index in [9.17, 15) is 24.3 Å². The van der Waals surface area contributed by atoms with Gasteiger partial charge in [-0.3, -0.25) is 14.9 Å². The lowest BCUT2D eigenvalue weighted by molar-refractivity contribution is -0.139. The minimum Gasteiger partial charge on any atom is -0.480 e. The molecule has 162 valence electrons. The molecule has 3 rings (SSSR count). The fourth-order valence-corrected chi connectivity index (χ4v) is 4.84. The summed E-state index contributed by atoms with van der Waals surface area (Å²) in [6.45, 7) is 4.43. The van der Waals surface area contributed by atoms with Crippen molar-refractivity contribution in [1.82, 2.24) is 26.2 Å². The summed E-state index contributed by atoms with van der Waals surface area (Å²) in [4.78, 5) is 49.6. The molecule has 0 radical (unpaired) electrons. The minimum absolute atomic E-state index is 0.181. The Morgan fingerprint density at radius 1 is 1.30 bits per heavy atom. The van der Waals surface area contributed by atoms with Crippen molar-refractivity contribution in [1.29, 1.82) is 0 Å². The van der Waals surface area contributed by atoms with Gasteiger partial charge < -0.3 is 21.1 Å². The van der Waals surface area contributed by atoms with Gasteiger partial charge in [-0.25, -0.2) is 14.5 Å². The summed E-state index contributed by atoms with van der Waals surface area (Å²) in [5, 5.41) is 20.0. The second-order valence-corrected chi connectivity index (χ2v) is 9.43. The van der Waals surface area contributed by atoms with Gasteiger partial charge in [0.25, 0.3) is 0 Å². The maximum absolute atomic E-state index is 12.9. The van der Waals surface area contributed by atoms with Gasteiger partial charge >= 0.3 is 18.0 Å². The molecule has 0 bridgehead atoms. The highest BCUT2D eigenvalue weighted by Gasteiger charge is 2.45. The molecule has 3 unspecified atom stereocenters. The Hall–Kier alpha value is -2.79. The first-order valence-corrected chi connectivity index (χ1v) is 10.4. The molecule has 5 N–H and O–H groups in total. The fourth-order valence-electron chi connectivity index (χ4n) is 3.43. The number of nitrogens with one attached hydrogen (secondary N) is 4. The van der Waals surface area contributed by atoms with Gasteiger partial charge in [-0.2, -0.15) is 0 Å². The standard InChI is InChI=1S/C19H25N5O5S/c1-19(2)14(16(26)27)22-12(30-19)10-21-15(25)13(11-6-4-3-5-7-11)23-18(29)24-9-8-20-17(24)28/h3-7,12-14,22H,8-10H2,1-2H3,(H,20,28)(H,21,25)(H,23,29)(H,26,27). The monoisotopic (exact) mass is 435 g/mol. The first kappa shape index (κ1) is 21.9. The van der Waals surface area contributed by atoms with E-state index in [4.69, 9.17) is 0 Å². The van der Waals surface area contributed by atoms with Crippen molar-refractivity contribution in [3.8, 4) is 0 Å². The summed E-state index contributed by atoms with van der Waals surface area (Å²) < 4.78 is -0.530. The van der Waals surface area contributed by atoms with Crippen molar-refractivity contribution in [3.63, 3.8) is 0 Å². The molecule has 0 spiro atoms. The summed E-state index contributed by atoms with van der Waals surface area (Å²) in [6, 6.07) is 5.81. The first-order chi connectivity index (χ1) is 14.2. The van der Waals surface area contributed by atoms with Crippen LogP contribution >= 0.6 is 11.8 Å². The highest BCUT2D eigenvalue weighted by atomic mass is 32.2. The lowest BCUT2D eigenvalue weighted by atomic mass is 10.0. The van der Waals surface area contributed by atoms with E-state index < -0.39 is 40.8 Å². The molecule has 2 saturated heterocycles. The van der Waals surface area contributed by atoms with Crippen LogP contribution in [0.25, 0.3) is 0 Å². The zero-order valence-corrected chi connectivity index (χ0v) is 17.5. The molecule has 2 aliphatic rings. The van der Waals surface area contributed by atoms with Gasteiger partial charge in [0.05, 0.1) is 5.37 Å². The number of hydrogen-bond donors (Lipinski definition) is 5. The van der Waals surface area contributed by atoms with Gasteiger partial charge in [0.2, 0.25) is 5.91 Å². The summed E-state index contributed by atoms with van der Waals surface area (Å²) in [6.07, 6.45) is 0. The van der Waals surface area contributed by atoms with E-state index >= 15 is 0 Å². The van der Waals surface area contributed by atoms with Crippen LogP contribution in [0.4, 0.5) is 9.59 Å². The van der Waals surface area contributed by atoms with Gasteiger partial charge in [-0.05, 0) is 19.4 Å². The molecular formula is C19H25N5O5S. The van der Waals surface area contributed by atoms with E-state index in [0.717, 1.165) is 4.90 Å². The van der Waals surface area contributed by atoms with Crippen LogP contribution in [-0.4, -0.2) is 69.7 Å². The molecule has 2 heterocycles. The Kier molecular flexibility index (Phi) is 6.52. The van der Waals surface area contributed by atoms with Crippen molar-refractivity contribution in [2.75, 3.05) is 19.6 Å². The highest BCUT2D eigenvalue weighted by molar-refractivity contribution is 8.01. The van der Waals surface area contributed by atoms with Crippen LogP contribution in [0.2, 0.25) is 0 Å². The van der Waals surface area contributed by atoms with Crippen LogP contribution in [0, 0.1) is 0 Å². The topological polar surface area (TPSA) is 140 Å². The second-order valence-electron chi connectivity index (χ2n) is 7.57. The number of imide groups is 1. The van der Waals surface area contributed by atoms with Gasteiger partial charge in [0, 0.05) is 24.4 Å². The van der Waals surface area contributed by atoms with E-state index in [1.807, 2.05) is 13.8 Å². The number of aliphatic carboxylic acids is 1. The highest BCUT2D eigenvalue weighted by Crippen LogP contribution is 2.37. The van der Waals surface area contributed by atoms with Crippen LogP contribution in [0.3, 0.4) is 0 Å². The average molecular weight is 436 g/mol. The Bertz CT molecular complexity index is 834. The summed E-state index contributed by atoms with van der Waals surface area (Å²) >= 11 is 1.43. The number of rotatable bonds is 6.